The molecule has 0 amide bonds. The van der Waals surface area contributed by atoms with Gasteiger partial charge in [-0.25, -0.2) is 4.39 Å². The predicted octanol–water partition coefficient (Wildman–Crippen LogP) is 2.72. The van der Waals surface area contributed by atoms with E-state index in [2.05, 4.69) is 5.32 Å². The molecule has 0 saturated carbocycles. The second kappa shape index (κ2) is 6.06. The van der Waals surface area contributed by atoms with Crippen molar-refractivity contribution in [2.24, 2.45) is 0 Å². The Morgan fingerprint density at radius 2 is 2.00 bits per heavy atom. The summed E-state index contributed by atoms with van der Waals surface area (Å²) >= 11 is 0. The predicted molar refractivity (Wildman–Crippen MR) is 65.0 cm³/mol. The fourth-order valence-electron chi connectivity index (χ4n) is 2.09. The van der Waals surface area contributed by atoms with Gasteiger partial charge in [0.05, 0.1) is 7.11 Å². The molecule has 1 N–H and O–H groups in total. The van der Waals surface area contributed by atoms with E-state index in [1.807, 2.05) is 6.07 Å². The Balaban J connectivity index is 0.00000128. The maximum Gasteiger partial charge on any atom is 0.165 e. The Labute approximate surface area is 102 Å². The van der Waals surface area contributed by atoms with E-state index < -0.39 is 0 Å². The van der Waals surface area contributed by atoms with Crippen LogP contribution in [0.15, 0.2) is 18.2 Å². The minimum atomic E-state index is -0.256. The molecular weight excluding hydrogens is 229 g/mol. The van der Waals surface area contributed by atoms with Crippen LogP contribution in [0.1, 0.15) is 24.3 Å². The fourth-order valence-corrected chi connectivity index (χ4v) is 2.09. The van der Waals surface area contributed by atoms with Gasteiger partial charge in [-0.05, 0) is 49.5 Å². The molecule has 2 nitrogen and oxygen atoms in total. The fraction of sp³-hybridized carbons (Fsp3) is 0.500. The maximum absolute atomic E-state index is 13.5. The maximum atomic E-state index is 13.5. The van der Waals surface area contributed by atoms with Crippen LogP contribution in [-0.4, -0.2) is 20.2 Å². The van der Waals surface area contributed by atoms with Crippen molar-refractivity contribution in [3.05, 3.63) is 29.6 Å². The van der Waals surface area contributed by atoms with Gasteiger partial charge >= 0.3 is 0 Å². The first-order chi connectivity index (χ1) is 7.31. The van der Waals surface area contributed by atoms with Crippen molar-refractivity contribution in [3.63, 3.8) is 0 Å². The number of methoxy groups -OCH3 is 1. The molecule has 90 valence electrons. The van der Waals surface area contributed by atoms with Gasteiger partial charge in [-0.1, -0.05) is 6.07 Å². The zero-order valence-electron chi connectivity index (χ0n) is 9.33. The van der Waals surface area contributed by atoms with Gasteiger partial charge in [0.25, 0.3) is 0 Å². The average Bonchev–Trinajstić information content (AvgIpc) is 2.30. The van der Waals surface area contributed by atoms with Crippen molar-refractivity contribution in [3.8, 4) is 5.75 Å². The highest BCUT2D eigenvalue weighted by Crippen LogP contribution is 2.28. The zero-order valence-corrected chi connectivity index (χ0v) is 10.1. The van der Waals surface area contributed by atoms with E-state index >= 15 is 0 Å². The van der Waals surface area contributed by atoms with Crippen molar-refractivity contribution >= 4 is 12.4 Å². The van der Waals surface area contributed by atoms with Crippen molar-refractivity contribution in [1.29, 1.82) is 0 Å². The van der Waals surface area contributed by atoms with Crippen molar-refractivity contribution in [1.82, 2.24) is 5.32 Å². The third-order valence-electron chi connectivity index (χ3n) is 2.99. The zero-order chi connectivity index (χ0) is 10.7. The van der Waals surface area contributed by atoms with E-state index in [9.17, 15) is 4.39 Å². The van der Waals surface area contributed by atoms with Gasteiger partial charge in [-0.2, -0.15) is 0 Å². The molecule has 0 unspecified atom stereocenters. The standard InChI is InChI=1S/C12H16FNO.ClH/c1-15-12-3-2-10(8-11(12)13)9-4-6-14-7-5-9;/h2-3,8-9,14H,4-7H2,1H3;1H. The summed E-state index contributed by atoms with van der Waals surface area (Å²) in [6, 6.07) is 5.29. The topological polar surface area (TPSA) is 21.3 Å². The first-order valence-corrected chi connectivity index (χ1v) is 5.35. The monoisotopic (exact) mass is 245 g/mol. The number of benzene rings is 1. The number of rotatable bonds is 2. The summed E-state index contributed by atoms with van der Waals surface area (Å²) in [6.45, 7) is 2.05. The molecule has 0 atom stereocenters. The lowest BCUT2D eigenvalue weighted by Gasteiger charge is -2.23. The highest BCUT2D eigenvalue weighted by Gasteiger charge is 2.16. The summed E-state index contributed by atoms with van der Waals surface area (Å²) in [4.78, 5) is 0. The summed E-state index contributed by atoms with van der Waals surface area (Å²) < 4.78 is 18.4. The molecule has 0 aliphatic carbocycles. The smallest absolute Gasteiger partial charge is 0.165 e. The van der Waals surface area contributed by atoms with Crippen LogP contribution < -0.4 is 10.1 Å². The van der Waals surface area contributed by atoms with Crippen LogP contribution >= 0.6 is 12.4 Å². The molecule has 16 heavy (non-hydrogen) atoms. The summed E-state index contributed by atoms with van der Waals surface area (Å²) in [5.41, 5.74) is 1.09. The lowest BCUT2D eigenvalue weighted by molar-refractivity contribution is 0.384. The lowest BCUT2D eigenvalue weighted by atomic mass is 9.90. The van der Waals surface area contributed by atoms with E-state index in [4.69, 9.17) is 4.74 Å². The van der Waals surface area contributed by atoms with Gasteiger partial charge < -0.3 is 10.1 Å². The van der Waals surface area contributed by atoms with Gasteiger partial charge in [0, 0.05) is 0 Å². The molecule has 1 aliphatic heterocycles. The Kier molecular flexibility index (Phi) is 5.03. The van der Waals surface area contributed by atoms with E-state index in [1.54, 1.807) is 12.1 Å². The lowest BCUT2D eigenvalue weighted by Crippen LogP contribution is -2.26. The van der Waals surface area contributed by atoms with Gasteiger partial charge in [0.2, 0.25) is 0 Å². The first-order valence-electron chi connectivity index (χ1n) is 5.35. The Morgan fingerprint density at radius 1 is 1.31 bits per heavy atom. The molecule has 0 radical (unpaired) electrons. The molecule has 4 heteroatoms. The Morgan fingerprint density at radius 3 is 2.56 bits per heavy atom. The molecule has 0 bridgehead atoms. The van der Waals surface area contributed by atoms with Crippen LogP contribution in [0.3, 0.4) is 0 Å². The van der Waals surface area contributed by atoms with E-state index in [1.165, 1.54) is 7.11 Å². The molecule has 1 saturated heterocycles. The SMILES string of the molecule is COc1ccc(C2CCNCC2)cc1F.Cl. The first kappa shape index (κ1) is 13.3. The Hall–Kier alpha value is -0.800. The van der Waals surface area contributed by atoms with Crippen molar-refractivity contribution < 1.29 is 9.13 Å². The second-order valence-electron chi connectivity index (χ2n) is 3.92. The number of hydrogen-bond acceptors (Lipinski definition) is 2. The molecule has 1 aliphatic rings. The van der Waals surface area contributed by atoms with Crippen LogP contribution in [0, 0.1) is 5.82 Å². The van der Waals surface area contributed by atoms with Crippen LogP contribution in [-0.2, 0) is 0 Å². The van der Waals surface area contributed by atoms with E-state index in [0.29, 0.717) is 11.7 Å². The highest BCUT2D eigenvalue weighted by molar-refractivity contribution is 5.85. The molecule has 2 rings (SSSR count). The average molecular weight is 246 g/mol. The van der Waals surface area contributed by atoms with Gasteiger partial charge in [-0.3, -0.25) is 0 Å². The van der Waals surface area contributed by atoms with E-state index in [0.717, 1.165) is 31.5 Å². The van der Waals surface area contributed by atoms with Crippen LogP contribution in [0.4, 0.5) is 4.39 Å². The van der Waals surface area contributed by atoms with Crippen LogP contribution in [0.2, 0.25) is 0 Å². The number of nitrogens with one attached hydrogen (secondary N) is 1. The molecular formula is C12H17ClFNO. The van der Waals surface area contributed by atoms with Gasteiger partial charge in [0.1, 0.15) is 0 Å². The second-order valence-corrected chi connectivity index (χ2v) is 3.92. The molecule has 1 aromatic carbocycles. The molecule has 0 aromatic heterocycles. The Bertz CT molecular complexity index is 340. The summed E-state index contributed by atoms with van der Waals surface area (Å²) in [7, 11) is 1.49. The number of halogens is 2. The number of piperidine rings is 1. The molecule has 0 spiro atoms. The number of ether oxygens (including phenoxy) is 1. The quantitative estimate of drug-likeness (QED) is 0.865. The van der Waals surface area contributed by atoms with Gasteiger partial charge in [-0.15, -0.1) is 12.4 Å². The van der Waals surface area contributed by atoms with Crippen LogP contribution in [0.5, 0.6) is 5.75 Å². The minimum absolute atomic E-state index is 0. The summed E-state index contributed by atoms with van der Waals surface area (Å²) in [5.74, 6) is 0.563. The summed E-state index contributed by atoms with van der Waals surface area (Å²) in [6.07, 6.45) is 2.18. The summed E-state index contributed by atoms with van der Waals surface area (Å²) in [5, 5.41) is 3.30. The van der Waals surface area contributed by atoms with Crippen LogP contribution in [0.25, 0.3) is 0 Å². The normalized spacial score (nSPS) is 16.6. The highest BCUT2D eigenvalue weighted by atomic mass is 35.5. The van der Waals surface area contributed by atoms with E-state index in [-0.39, 0.29) is 18.2 Å². The van der Waals surface area contributed by atoms with Crippen molar-refractivity contribution in [2.75, 3.05) is 20.2 Å². The molecule has 1 fully saturated rings. The number of hydrogen-bond donors (Lipinski definition) is 1. The molecule has 1 heterocycles. The molecule has 1 aromatic rings. The minimum Gasteiger partial charge on any atom is -0.494 e. The van der Waals surface area contributed by atoms with Crippen molar-refractivity contribution in [2.45, 2.75) is 18.8 Å². The third kappa shape index (κ3) is 2.86. The third-order valence-corrected chi connectivity index (χ3v) is 2.99. The van der Waals surface area contributed by atoms with Gasteiger partial charge in [0.15, 0.2) is 11.6 Å². The largest absolute Gasteiger partial charge is 0.494 e.